The van der Waals surface area contributed by atoms with Crippen molar-refractivity contribution in [2.75, 3.05) is 13.7 Å². The minimum absolute atomic E-state index is 0.0767. The molecule has 3 N–H and O–H groups in total. The number of nitrogens with two attached hydrogens (primary N) is 1. The summed E-state index contributed by atoms with van der Waals surface area (Å²) in [6, 6.07) is 4.70. The van der Waals surface area contributed by atoms with Crippen LogP contribution in [0.25, 0.3) is 0 Å². The highest BCUT2D eigenvalue weighted by atomic mass is 19.1. The van der Waals surface area contributed by atoms with E-state index in [9.17, 15) is 9.18 Å². The first-order chi connectivity index (χ1) is 7.65. The molecule has 1 amide bonds. The number of primary amides is 1. The third-order valence-corrected chi connectivity index (χ3v) is 2.01. The monoisotopic (exact) mass is 226 g/mol. The third-order valence-electron chi connectivity index (χ3n) is 2.01. The van der Waals surface area contributed by atoms with Gasteiger partial charge in [-0.05, 0) is 13.1 Å². The molecule has 0 atom stereocenters. The minimum atomic E-state index is -0.466. The summed E-state index contributed by atoms with van der Waals surface area (Å²) in [5.41, 5.74) is 5.68. The number of rotatable bonds is 6. The van der Waals surface area contributed by atoms with Crippen molar-refractivity contribution in [1.29, 1.82) is 0 Å². The predicted octanol–water partition coefficient (Wildman–Crippen LogP) is 0.799. The average molecular weight is 226 g/mol. The number of hydrogen-bond donors (Lipinski definition) is 2. The number of carbonyl (C=O) groups excluding carboxylic acids is 1. The maximum atomic E-state index is 13.4. The van der Waals surface area contributed by atoms with E-state index >= 15 is 0 Å². The van der Waals surface area contributed by atoms with Crippen LogP contribution in [0.3, 0.4) is 0 Å². The molecule has 0 unspecified atom stereocenters. The summed E-state index contributed by atoms with van der Waals surface area (Å²) in [6.45, 7) is 0.594. The van der Waals surface area contributed by atoms with Gasteiger partial charge in [0.25, 0.3) is 0 Å². The van der Waals surface area contributed by atoms with Crippen LogP contribution in [0.4, 0.5) is 4.39 Å². The van der Waals surface area contributed by atoms with E-state index in [2.05, 4.69) is 5.32 Å². The second-order valence-electron chi connectivity index (χ2n) is 3.32. The normalized spacial score (nSPS) is 10.1. The van der Waals surface area contributed by atoms with Gasteiger partial charge in [-0.3, -0.25) is 4.79 Å². The molecule has 0 aliphatic carbocycles. The Morgan fingerprint density at radius 1 is 1.56 bits per heavy atom. The minimum Gasteiger partial charge on any atom is -0.490 e. The molecule has 0 saturated heterocycles. The Labute approximate surface area is 93.6 Å². The molecule has 16 heavy (non-hydrogen) atoms. The number of para-hydroxylation sites is 1. The van der Waals surface area contributed by atoms with E-state index in [0.717, 1.165) is 0 Å². The lowest BCUT2D eigenvalue weighted by Crippen LogP contribution is -2.16. The molecule has 0 fully saturated rings. The van der Waals surface area contributed by atoms with Crippen LogP contribution in [-0.2, 0) is 11.3 Å². The largest absolute Gasteiger partial charge is 0.490 e. The van der Waals surface area contributed by atoms with Gasteiger partial charge >= 0.3 is 0 Å². The van der Waals surface area contributed by atoms with Gasteiger partial charge in [0.1, 0.15) is 0 Å². The summed E-state index contributed by atoms with van der Waals surface area (Å²) in [5.74, 6) is -0.721. The molecule has 1 aromatic rings. The summed E-state index contributed by atoms with van der Waals surface area (Å²) < 4.78 is 18.6. The summed E-state index contributed by atoms with van der Waals surface area (Å²) >= 11 is 0. The Morgan fingerprint density at radius 3 is 2.94 bits per heavy atom. The molecule has 0 aromatic heterocycles. The summed E-state index contributed by atoms with van der Waals surface area (Å²) in [4.78, 5) is 10.5. The molecule has 0 aliphatic rings. The fourth-order valence-corrected chi connectivity index (χ4v) is 1.30. The molecule has 5 heteroatoms. The van der Waals surface area contributed by atoms with Crippen molar-refractivity contribution >= 4 is 5.91 Å². The molecule has 88 valence electrons. The van der Waals surface area contributed by atoms with Gasteiger partial charge in [-0.2, -0.15) is 0 Å². The van der Waals surface area contributed by atoms with Gasteiger partial charge in [0, 0.05) is 12.1 Å². The second-order valence-corrected chi connectivity index (χ2v) is 3.32. The van der Waals surface area contributed by atoms with Gasteiger partial charge < -0.3 is 15.8 Å². The molecule has 0 radical (unpaired) electrons. The van der Waals surface area contributed by atoms with E-state index in [0.29, 0.717) is 12.1 Å². The van der Waals surface area contributed by atoms with Gasteiger partial charge in [0.05, 0.1) is 13.0 Å². The zero-order valence-corrected chi connectivity index (χ0v) is 9.13. The van der Waals surface area contributed by atoms with Gasteiger partial charge in [-0.1, -0.05) is 12.1 Å². The highest BCUT2D eigenvalue weighted by Gasteiger charge is 2.09. The van der Waals surface area contributed by atoms with Crippen LogP contribution in [0, 0.1) is 5.82 Å². The molecule has 0 heterocycles. The summed E-state index contributed by atoms with van der Waals surface area (Å²) in [7, 11) is 1.76. The van der Waals surface area contributed by atoms with Crippen molar-refractivity contribution in [2.45, 2.75) is 13.0 Å². The first-order valence-electron chi connectivity index (χ1n) is 4.98. The molecule has 1 rings (SSSR count). The Bertz CT molecular complexity index is 369. The number of carbonyl (C=O) groups is 1. The van der Waals surface area contributed by atoms with E-state index in [1.165, 1.54) is 6.07 Å². The van der Waals surface area contributed by atoms with Crippen LogP contribution >= 0.6 is 0 Å². The average Bonchev–Trinajstić information content (AvgIpc) is 2.22. The van der Waals surface area contributed by atoms with Gasteiger partial charge in [0.15, 0.2) is 11.6 Å². The Balaban J connectivity index is 2.71. The molecule has 0 bridgehead atoms. The zero-order chi connectivity index (χ0) is 12.0. The van der Waals surface area contributed by atoms with Crippen molar-refractivity contribution in [3.63, 3.8) is 0 Å². The maximum Gasteiger partial charge on any atom is 0.220 e. The lowest BCUT2D eigenvalue weighted by Gasteiger charge is -2.11. The first-order valence-corrected chi connectivity index (χ1v) is 4.98. The number of hydrogen-bond acceptors (Lipinski definition) is 3. The SMILES string of the molecule is CNCc1cccc(F)c1OCCC(N)=O. The van der Waals surface area contributed by atoms with Crippen LogP contribution in [-0.4, -0.2) is 19.6 Å². The van der Waals surface area contributed by atoms with Gasteiger partial charge in [-0.25, -0.2) is 4.39 Å². The number of nitrogens with one attached hydrogen (secondary N) is 1. The molecule has 0 aliphatic heterocycles. The second kappa shape index (κ2) is 6.07. The van der Waals surface area contributed by atoms with Gasteiger partial charge in [0.2, 0.25) is 5.91 Å². The standard InChI is InChI=1S/C11H15FN2O2/c1-14-7-8-3-2-4-9(12)11(8)16-6-5-10(13)15/h2-4,14H,5-7H2,1H3,(H2,13,15). The maximum absolute atomic E-state index is 13.4. The Morgan fingerprint density at radius 2 is 2.31 bits per heavy atom. The molecule has 4 nitrogen and oxygen atoms in total. The lowest BCUT2D eigenvalue weighted by atomic mass is 10.2. The van der Waals surface area contributed by atoms with Crippen molar-refractivity contribution in [2.24, 2.45) is 5.73 Å². The number of amides is 1. The van der Waals surface area contributed by atoms with E-state index in [4.69, 9.17) is 10.5 Å². The van der Waals surface area contributed by atoms with Crippen LogP contribution in [0.5, 0.6) is 5.75 Å². The Kier molecular flexibility index (Phi) is 4.72. The highest BCUT2D eigenvalue weighted by Crippen LogP contribution is 2.22. The van der Waals surface area contributed by atoms with E-state index < -0.39 is 11.7 Å². The van der Waals surface area contributed by atoms with E-state index in [1.807, 2.05) is 0 Å². The fourth-order valence-electron chi connectivity index (χ4n) is 1.30. The zero-order valence-electron chi connectivity index (χ0n) is 9.13. The van der Waals surface area contributed by atoms with Crippen molar-refractivity contribution in [3.8, 4) is 5.75 Å². The topological polar surface area (TPSA) is 64.3 Å². The van der Waals surface area contributed by atoms with Gasteiger partial charge in [-0.15, -0.1) is 0 Å². The molecule has 0 spiro atoms. The molecular weight excluding hydrogens is 211 g/mol. The van der Waals surface area contributed by atoms with Crippen molar-refractivity contribution in [1.82, 2.24) is 5.32 Å². The number of halogens is 1. The van der Waals surface area contributed by atoms with Crippen LogP contribution in [0.15, 0.2) is 18.2 Å². The quantitative estimate of drug-likeness (QED) is 0.754. The van der Waals surface area contributed by atoms with E-state index in [1.54, 1.807) is 19.2 Å². The third kappa shape index (κ3) is 3.51. The summed E-state index contributed by atoms with van der Waals surface area (Å²) in [5, 5.41) is 2.91. The van der Waals surface area contributed by atoms with Crippen LogP contribution in [0.2, 0.25) is 0 Å². The van der Waals surface area contributed by atoms with Crippen molar-refractivity contribution in [3.05, 3.63) is 29.6 Å². The Hall–Kier alpha value is -1.62. The fraction of sp³-hybridized carbons (Fsp3) is 0.364. The molecule has 0 saturated carbocycles. The molecule has 1 aromatic carbocycles. The van der Waals surface area contributed by atoms with E-state index in [-0.39, 0.29) is 18.8 Å². The van der Waals surface area contributed by atoms with Crippen LogP contribution in [0.1, 0.15) is 12.0 Å². The first kappa shape index (κ1) is 12.4. The predicted molar refractivity (Wildman–Crippen MR) is 58.5 cm³/mol. The van der Waals surface area contributed by atoms with Crippen molar-refractivity contribution < 1.29 is 13.9 Å². The highest BCUT2D eigenvalue weighted by molar-refractivity contribution is 5.73. The van der Waals surface area contributed by atoms with Crippen LogP contribution < -0.4 is 15.8 Å². The number of ether oxygens (including phenoxy) is 1. The number of benzene rings is 1. The molecular formula is C11H15FN2O2. The smallest absolute Gasteiger partial charge is 0.220 e. The summed E-state index contributed by atoms with van der Waals surface area (Å²) in [6.07, 6.45) is 0.0767. The lowest BCUT2D eigenvalue weighted by molar-refractivity contribution is -0.118.